The Morgan fingerprint density at radius 1 is 1.12 bits per heavy atom. The molecule has 0 saturated carbocycles. The summed E-state index contributed by atoms with van der Waals surface area (Å²) in [5.74, 6) is 0.0690. The summed E-state index contributed by atoms with van der Waals surface area (Å²) in [6.07, 6.45) is 1.21. The van der Waals surface area contributed by atoms with E-state index in [1.54, 1.807) is 0 Å². The Morgan fingerprint density at radius 3 is 2.48 bits per heavy atom. The van der Waals surface area contributed by atoms with Crippen molar-refractivity contribution in [1.82, 2.24) is 10.2 Å². The maximum absolute atomic E-state index is 11.8. The number of piperazine rings is 1. The van der Waals surface area contributed by atoms with Crippen LogP contribution < -0.4 is 20.7 Å². The van der Waals surface area contributed by atoms with Crippen LogP contribution in [0.1, 0.15) is 19.3 Å². The summed E-state index contributed by atoms with van der Waals surface area (Å²) in [4.78, 5) is 27.7. The average molecular weight is 346 g/mol. The number of ether oxygens (including phenoxy) is 1. The summed E-state index contributed by atoms with van der Waals surface area (Å²) >= 11 is 0. The molecule has 1 unspecified atom stereocenters. The second-order valence-electron chi connectivity index (χ2n) is 6.52. The van der Waals surface area contributed by atoms with Gasteiger partial charge >= 0.3 is 0 Å². The molecule has 1 aromatic carbocycles. The predicted molar refractivity (Wildman–Crippen MR) is 95.6 cm³/mol. The molecule has 136 valence electrons. The standard InChI is InChI=1S/C18H26N4O3/c19-8-1-9-21-10-12-22(13-11-21)14-2-4-15(5-3-14)25-16-6-7-17(23)20-18(16)24/h2-5,16H,1,6-13,19H2,(H,20,23,24). The molecule has 7 heteroatoms. The highest BCUT2D eigenvalue weighted by atomic mass is 16.5. The van der Waals surface area contributed by atoms with Crippen molar-refractivity contribution >= 4 is 17.5 Å². The van der Waals surface area contributed by atoms with Crippen molar-refractivity contribution in [2.24, 2.45) is 5.73 Å². The minimum Gasteiger partial charge on any atom is -0.481 e. The summed E-state index contributed by atoms with van der Waals surface area (Å²) in [5, 5.41) is 2.31. The number of benzene rings is 1. The molecule has 0 aromatic heterocycles. The van der Waals surface area contributed by atoms with Gasteiger partial charge in [0.1, 0.15) is 5.75 Å². The van der Waals surface area contributed by atoms with Gasteiger partial charge in [0.05, 0.1) is 0 Å². The number of amides is 2. The zero-order chi connectivity index (χ0) is 17.6. The van der Waals surface area contributed by atoms with E-state index in [1.165, 1.54) is 0 Å². The van der Waals surface area contributed by atoms with Gasteiger partial charge in [0.15, 0.2) is 6.10 Å². The molecule has 2 amide bonds. The number of carbonyl (C=O) groups is 2. The van der Waals surface area contributed by atoms with Crippen molar-refractivity contribution in [2.45, 2.75) is 25.4 Å². The van der Waals surface area contributed by atoms with Gasteiger partial charge in [0.25, 0.3) is 5.91 Å². The number of carbonyl (C=O) groups excluding carboxylic acids is 2. The van der Waals surface area contributed by atoms with Gasteiger partial charge in [-0.1, -0.05) is 0 Å². The fraction of sp³-hybridized carbons (Fsp3) is 0.556. The summed E-state index contributed by atoms with van der Waals surface area (Å²) < 4.78 is 5.72. The van der Waals surface area contributed by atoms with Crippen molar-refractivity contribution in [2.75, 3.05) is 44.2 Å². The summed E-state index contributed by atoms with van der Waals surface area (Å²) in [5.41, 5.74) is 6.73. The summed E-state index contributed by atoms with van der Waals surface area (Å²) in [7, 11) is 0. The third kappa shape index (κ3) is 4.70. The topological polar surface area (TPSA) is 87.9 Å². The summed E-state index contributed by atoms with van der Waals surface area (Å²) in [6, 6.07) is 7.83. The van der Waals surface area contributed by atoms with Crippen LogP contribution in [0.15, 0.2) is 24.3 Å². The molecule has 0 radical (unpaired) electrons. The molecule has 25 heavy (non-hydrogen) atoms. The largest absolute Gasteiger partial charge is 0.481 e. The van der Waals surface area contributed by atoms with E-state index in [2.05, 4.69) is 15.1 Å². The molecular weight excluding hydrogens is 320 g/mol. The molecule has 0 spiro atoms. The second-order valence-corrected chi connectivity index (χ2v) is 6.52. The van der Waals surface area contributed by atoms with Gasteiger partial charge < -0.3 is 15.4 Å². The lowest BCUT2D eigenvalue weighted by Gasteiger charge is -2.36. The molecule has 3 N–H and O–H groups in total. The molecule has 2 aliphatic heterocycles. The van der Waals surface area contributed by atoms with Gasteiger partial charge in [0.2, 0.25) is 5.91 Å². The first-order chi connectivity index (χ1) is 12.2. The number of imide groups is 1. The molecule has 3 rings (SSSR count). The van der Waals surface area contributed by atoms with E-state index >= 15 is 0 Å². The zero-order valence-corrected chi connectivity index (χ0v) is 14.4. The van der Waals surface area contributed by atoms with E-state index in [9.17, 15) is 9.59 Å². The third-order valence-electron chi connectivity index (χ3n) is 4.72. The number of nitrogens with zero attached hydrogens (tertiary/aromatic N) is 2. The number of rotatable bonds is 6. The Morgan fingerprint density at radius 2 is 1.84 bits per heavy atom. The number of piperidine rings is 1. The fourth-order valence-electron chi connectivity index (χ4n) is 3.23. The number of nitrogens with one attached hydrogen (secondary N) is 1. The molecule has 2 aliphatic rings. The highest BCUT2D eigenvalue weighted by Gasteiger charge is 2.28. The molecular formula is C18H26N4O3. The number of nitrogens with two attached hydrogens (primary N) is 1. The van der Waals surface area contributed by atoms with Crippen LogP contribution in [0.2, 0.25) is 0 Å². The Kier molecular flexibility index (Phi) is 5.88. The molecule has 2 fully saturated rings. The SMILES string of the molecule is NCCCN1CCN(c2ccc(OC3CCC(=O)NC3=O)cc2)CC1. The van der Waals surface area contributed by atoms with Gasteiger partial charge in [-0.2, -0.15) is 0 Å². The first-order valence-electron chi connectivity index (χ1n) is 8.93. The maximum Gasteiger partial charge on any atom is 0.267 e. The second kappa shape index (κ2) is 8.31. The minimum atomic E-state index is -0.588. The Labute approximate surface area is 148 Å². The van der Waals surface area contributed by atoms with Crippen molar-refractivity contribution in [3.05, 3.63) is 24.3 Å². The van der Waals surface area contributed by atoms with E-state index in [-0.39, 0.29) is 11.8 Å². The normalized spacial score (nSPS) is 22.0. The van der Waals surface area contributed by atoms with E-state index in [0.29, 0.717) is 18.6 Å². The molecule has 2 heterocycles. The monoisotopic (exact) mass is 346 g/mol. The molecule has 1 atom stereocenters. The first-order valence-corrected chi connectivity index (χ1v) is 8.93. The lowest BCUT2D eigenvalue weighted by atomic mass is 10.1. The molecule has 7 nitrogen and oxygen atoms in total. The van der Waals surface area contributed by atoms with Gasteiger partial charge in [0, 0.05) is 44.7 Å². The number of hydrogen-bond acceptors (Lipinski definition) is 6. The molecule has 1 aromatic rings. The van der Waals surface area contributed by atoms with Crippen LogP contribution in [0.5, 0.6) is 5.75 Å². The van der Waals surface area contributed by atoms with E-state index in [0.717, 1.165) is 51.4 Å². The minimum absolute atomic E-state index is 0.231. The van der Waals surface area contributed by atoms with Crippen molar-refractivity contribution < 1.29 is 14.3 Å². The highest BCUT2D eigenvalue weighted by Crippen LogP contribution is 2.23. The van der Waals surface area contributed by atoms with Gasteiger partial charge in [-0.3, -0.25) is 19.8 Å². The first kappa shape index (κ1) is 17.7. The lowest BCUT2D eigenvalue weighted by molar-refractivity contribution is -0.138. The third-order valence-corrected chi connectivity index (χ3v) is 4.72. The zero-order valence-electron chi connectivity index (χ0n) is 14.4. The van der Waals surface area contributed by atoms with Crippen LogP contribution in [0.4, 0.5) is 5.69 Å². The van der Waals surface area contributed by atoms with Crippen molar-refractivity contribution in [3.8, 4) is 5.75 Å². The predicted octanol–water partition coefficient (Wildman–Crippen LogP) is 0.341. The van der Waals surface area contributed by atoms with Gasteiger partial charge in [-0.15, -0.1) is 0 Å². The van der Waals surface area contributed by atoms with E-state index in [1.807, 2.05) is 24.3 Å². The van der Waals surface area contributed by atoms with Crippen LogP contribution in [0.25, 0.3) is 0 Å². The van der Waals surface area contributed by atoms with E-state index in [4.69, 9.17) is 10.5 Å². The van der Waals surface area contributed by atoms with Gasteiger partial charge in [-0.05, 0) is 43.8 Å². The van der Waals surface area contributed by atoms with Crippen LogP contribution in [0, 0.1) is 0 Å². The quantitative estimate of drug-likeness (QED) is 0.723. The smallest absolute Gasteiger partial charge is 0.267 e. The maximum atomic E-state index is 11.8. The van der Waals surface area contributed by atoms with Gasteiger partial charge in [-0.25, -0.2) is 0 Å². The van der Waals surface area contributed by atoms with Crippen molar-refractivity contribution in [1.29, 1.82) is 0 Å². The highest BCUT2D eigenvalue weighted by molar-refractivity contribution is 5.99. The number of hydrogen-bond donors (Lipinski definition) is 2. The molecule has 0 aliphatic carbocycles. The average Bonchev–Trinajstić information content (AvgIpc) is 2.63. The van der Waals surface area contributed by atoms with Crippen LogP contribution in [-0.2, 0) is 9.59 Å². The summed E-state index contributed by atoms with van der Waals surface area (Å²) in [6.45, 7) is 5.91. The Hall–Kier alpha value is -2.12. The Balaban J connectivity index is 1.51. The van der Waals surface area contributed by atoms with Crippen LogP contribution in [0.3, 0.4) is 0 Å². The van der Waals surface area contributed by atoms with E-state index < -0.39 is 6.10 Å². The molecule has 0 bridgehead atoms. The molecule has 2 saturated heterocycles. The fourth-order valence-corrected chi connectivity index (χ4v) is 3.23. The Bertz CT molecular complexity index is 597. The van der Waals surface area contributed by atoms with Crippen LogP contribution >= 0.6 is 0 Å². The number of anilines is 1. The lowest BCUT2D eigenvalue weighted by Crippen LogP contribution is -2.47. The van der Waals surface area contributed by atoms with Crippen molar-refractivity contribution in [3.63, 3.8) is 0 Å². The van der Waals surface area contributed by atoms with Crippen LogP contribution in [-0.4, -0.2) is 62.1 Å².